The topological polar surface area (TPSA) is 47.3 Å². The minimum Gasteiger partial charge on any atom is -0.445 e. The van der Waals surface area contributed by atoms with Crippen LogP contribution in [0.3, 0.4) is 0 Å². The van der Waals surface area contributed by atoms with Gasteiger partial charge in [-0.2, -0.15) is 0 Å². The standard InChI is InChI=1S/C12H22N2O2/c1-4-10(2)11-9-14-12(16-11)5-6-13-7-8-15-3/h9-10,13H,4-8H2,1-3H3. The average Bonchev–Trinajstić information content (AvgIpc) is 2.76. The van der Waals surface area contributed by atoms with Gasteiger partial charge in [0, 0.05) is 32.5 Å². The van der Waals surface area contributed by atoms with Crippen LogP contribution in [0.5, 0.6) is 0 Å². The van der Waals surface area contributed by atoms with E-state index in [1.165, 1.54) is 0 Å². The van der Waals surface area contributed by atoms with Crippen molar-refractivity contribution in [2.24, 2.45) is 0 Å². The van der Waals surface area contributed by atoms with Crippen LogP contribution < -0.4 is 5.32 Å². The average molecular weight is 226 g/mol. The molecule has 1 aromatic heterocycles. The number of oxazole rings is 1. The first kappa shape index (κ1) is 13.2. The van der Waals surface area contributed by atoms with E-state index in [9.17, 15) is 0 Å². The summed E-state index contributed by atoms with van der Waals surface area (Å²) in [5.41, 5.74) is 0. The number of rotatable bonds is 8. The number of nitrogens with zero attached hydrogens (tertiary/aromatic N) is 1. The largest absolute Gasteiger partial charge is 0.445 e. The molecule has 4 heteroatoms. The SMILES string of the molecule is CCC(C)c1cnc(CCNCCOC)o1. The Morgan fingerprint density at radius 1 is 1.50 bits per heavy atom. The smallest absolute Gasteiger partial charge is 0.195 e. The Hall–Kier alpha value is -0.870. The molecular formula is C12H22N2O2. The van der Waals surface area contributed by atoms with Gasteiger partial charge in [-0.15, -0.1) is 0 Å². The summed E-state index contributed by atoms with van der Waals surface area (Å²) < 4.78 is 10.6. The lowest BCUT2D eigenvalue weighted by Gasteiger charge is -2.03. The van der Waals surface area contributed by atoms with Crippen LogP contribution >= 0.6 is 0 Å². The Morgan fingerprint density at radius 2 is 2.31 bits per heavy atom. The minimum absolute atomic E-state index is 0.461. The molecule has 1 heterocycles. The highest BCUT2D eigenvalue weighted by Crippen LogP contribution is 2.19. The van der Waals surface area contributed by atoms with E-state index in [0.717, 1.165) is 44.2 Å². The predicted molar refractivity (Wildman–Crippen MR) is 63.7 cm³/mol. The molecule has 1 rings (SSSR count). The van der Waals surface area contributed by atoms with Gasteiger partial charge in [-0.05, 0) is 6.42 Å². The van der Waals surface area contributed by atoms with Crippen LogP contribution in [0.15, 0.2) is 10.6 Å². The maximum Gasteiger partial charge on any atom is 0.195 e. The van der Waals surface area contributed by atoms with Gasteiger partial charge in [0.2, 0.25) is 0 Å². The van der Waals surface area contributed by atoms with Crippen LogP contribution in [-0.2, 0) is 11.2 Å². The Bertz CT molecular complexity index is 286. The van der Waals surface area contributed by atoms with Gasteiger partial charge in [-0.1, -0.05) is 13.8 Å². The zero-order valence-corrected chi connectivity index (χ0v) is 10.5. The molecule has 0 aliphatic carbocycles. The minimum atomic E-state index is 0.461. The van der Waals surface area contributed by atoms with Crippen LogP contribution in [0.2, 0.25) is 0 Å². The fourth-order valence-corrected chi connectivity index (χ4v) is 1.36. The molecule has 1 aromatic rings. The molecule has 0 saturated heterocycles. The van der Waals surface area contributed by atoms with Crippen molar-refractivity contribution in [2.75, 3.05) is 26.8 Å². The van der Waals surface area contributed by atoms with Crippen molar-refractivity contribution in [3.63, 3.8) is 0 Å². The second-order valence-corrected chi connectivity index (χ2v) is 3.96. The molecule has 1 atom stereocenters. The second kappa shape index (κ2) is 7.41. The third-order valence-corrected chi connectivity index (χ3v) is 2.67. The first-order valence-electron chi connectivity index (χ1n) is 5.92. The first-order valence-corrected chi connectivity index (χ1v) is 5.92. The Labute approximate surface area is 97.4 Å². The van der Waals surface area contributed by atoms with Crippen LogP contribution in [0.1, 0.15) is 37.8 Å². The van der Waals surface area contributed by atoms with E-state index in [2.05, 4.69) is 24.1 Å². The number of hydrogen-bond acceptors (Lipinski definition) is 4. The summed E-state index contributed by atoms with van der Waals surface area (Å²) in [5, 5.41) is 3.26. The van der Waals surface area contributed by atoms with Gasteiger partial charge in [-0.3, -0.25) is 0 Å². The van der Waals surface area contributed by atoms with E-state index in [0.29, 0.717) is 5.92 Å². The van der Waals surface area contributed by atoms with Gasteiger partial charge in [0.25, 0.3) is 0 Å². The van der Waals surface area contributed by atoms with E-state index in [1.54, 1.807) is 7.11 Å². The molecule has 0 radical (unpaired) electrons. The molecule has 0 aliphatic heterocycles. The molecule has 92 valence electrons. The summed E-state index contributed by atoms with van der Waals surface area (Å²) in [5.74, 6) is 2.28. The Balaban J connectivity index is 2.24. The molecule has 0 amide bonds. The number of aromatic nitrogens is 1. The fraction of sp³-hybridized carbons (Fsp3) is 0.750. The molecule has 0 aliphatic rings. The lowest BCUT2D eigenvalue weighted by atomic mass is 10.1. The maximum absolute atomic E-state index is 5.66. The summed E-state index contributed by atoms with van der Waals surface area (Å²) in [4.78, 5) is 4.27. The molecule has 0 saturated carbocycles. The fourth-order valence-electron chi connectivity index (χ4n) is 1.36. The van der Waals surface area contributed by atoms with E-state index in [-0.39, 0.29) is 0 Å². The molecule has 1 N–H and O–H groups in total. The van der Waals surface area contributed by atoms with Gasteiger partial charge in [0.1, 0.15) is 5.76 Å². The summed E-state index contributed by atoms with van der Waals surface area (Å²) in [6.45, 7) is 6.79. The van der Waals surface area contributed by atoms with Gasteiger partial charge in [0.05, 0.1) is 12.8 Å². The monoisotopic (exact) mass is 226 g/mol. The molecule has 0 fully saturated rings. The van der Waals surface area contributed by atoms with Crippen molar-refractivity contribution >= 4 is 0 Å². The van der Waals surface area contributed by atoms with Crippen LogP contribution in [0, 0.1) is 0 Å². The van der Waals surface area contributed by atoms with Crippen molar-refractivity contribution in [3.8, 4) is 0 Å². The molecule has 0 aromatic carbocycles. The van der Waals surface area contributed by atoms with Gasteiger partial charge in [-0.25, -0.2) is 4.98 Å². The first-order chi connectivity index (χ1) is 7.77. The van der Waals surface area contributed by atoms with Crippen molar-refractivity contribution in [3.05, 3.63) is 17.8 Å². The van der Waals surface area contributed by atoms with Crippen molar-refractivity contribution in [1.82, 2.24) is 10.3 Å². The third-order valence-electron chi connectivity index (χ3n) is 2.67. The third kappa shape index (κ3) is 4.33. The van der Waals surface area contributed by atoms with E-state index in [4.69, 9.17) is 9.15 Å². The highest BCUT2D eigenvalue weighted by atomic mass is 16.5. The van der Waals surface area contributed by atoms with E-state index in [1.807, 2.05) is 6.20 Å². The highest BCUT2D eigenvalue weighted by molar-refractivity contribution is 5.00. The summed E-state index contributed by atoms with van der Waals surface area (Å²) in [7, 11) is 1.70. The second-order valence-electron chi connectivity index (χ2n) is 3.96. The molecule has 0 spiro atoms. The number of methoxy groups -OCH3 is 1. The molecule has 0 bridgehead atoms. The van der Waals surface area contributed by atoms with Crippen LogP contribution in [0.4, 0.5) is 0 Å². The van der Waals surface area contributed by atoms with Crippen LogP contribution in [0.25, 0.3) is 0 Å². The Morgan fingerprint density at radius 3 is 3.00 bits per heavy atom. The van der Waals surface area contributed by atoms with Gasteiger partial charge >= 0.3 is 0 Å². The quantitative estimate of drug-likeness (QED) is 0.688. The lowest BCUT2D eigenvalue weighted by molar-refractivity contribution is 0.199. The maximum atomic E-state index is 5.66. The number of ether oxygens (including phenoxy) is 1. The zero-order chi connectivity index (χ0) is 11.8. The Kier molecular flexibility index (Phi) is 6.11. The van der Waals surface area contributed by atoms with Gasteiger partial charge in [0.15, 0.2) is 5.89 Å². The predicted octanol–water partition coefficient (Wildman–Crippen LogP) is 1.97. The summed E-state index contributed by atoms with van der Waals surface area (Å²) in [6.07, 6.45) is 3.76. The molecule has 4 nitrogen and oxygen atoms in total. The van der Waals surface area contributed by atoms with Crippen molar-refractivity contribution in [2.45, 2.75) is 32.6 Å². The van der Waals surface area contributed by atoms with Crippen molar-refractivity contribution in [1.29, 1.82) is 0 Å². The van der Waals surface area contributed by atoms with Crippen LogP contribution in [-0.4, -0.2) is 31.8 Å². The van der Waals surface area contributed by atoms with E-state index < -0.39 is 0 Å². The lowest BCUT2D eigenvalue weighted by Crippen LogP contribution is -2.21. The normalized spacial score (nSPS) is 12.9. The molecular weight excluding hydrogens is 204 g/mol. The molecule has 1 unspecified atom stereocenters. The van der Waals surface area contributed by atoms with E-state index >= 15 is 0 Å². The molecule has 16 heavy (non-hydrogen) atoms. The van der Waals surface area contributed by atoms with Crippen molar-refractivity contribution < 1.29 is 9.15 Å². The number of nitrogens with one attached hydrogen (secondary N) is 1. The van der Waals surface area contributed by atoms with Gasteiger partial charge < -0.3 is 14.5 Å². The summed E-state index contributed by atoms with van der Waals surface area (Å²) in [6, 6.07) is 0. The highest BCUT2D eigenvalue weighted by Gasteiger charge is 2.09. The summed E-state index contributed by atoms with van der Waals surface area (Å²) >= 11 is 0. The number of hydrogen-bond donors (Lipinski definition) is 1. The zero-order valence-electron chi connectivity index (χ0n) is 10.5.